The predicted molar refractivity (Wildman–Crippen MR) is 266 cm³/mol. The quantitative estimate of drug-likeness (QED) is 0.107. The molecule has 2 nitrogen and oxygen atoms in total. The zero-order valence-electron chi connectivity index (χ0n) is 34.8. The molecule has 0 heterocycles. The first kappa shape index (κ1) is 39.5. The van der Waals surface area contributed by atoms with Crippen molar-refractivity contribution in [2.75, 3.05) is 9.80 Å². The minimum atomic E-state index is 0.218. The van der Waals surface area contributed by atoms with Crippen molar-refractivity contribution in [2.45, 2.75) is 12.5 Å². The van der Waals surface area contributed by atoms with Gasteiger partial charge in [-0.2, -0.15) is 0 Å². The molecule has 298 valence electrons. The van der Waals surface area contributed by atoms with Crippen LogP contribution in [0.25, 0.3) is 50.1 Å². The normalized spacial score (nSPS) is 13.5. The number of para-hydroxylation sites is 1. The van der Waals surface area contributed by atoms with Crippen LogP contribution in [0.5, 0.6) is 0 Å². The molecule has 9 rings (SSSR count). The van der Waals surface area contributed by atoms with Gasteiger partial charge in [-0.1, -0.05) is 201 Å². The molecule has 2 heteroatoms. The van der Waals surface area contributed by atoms with E-state index in [4.69, 9.17) is 0 Å². The molecule has 0 saturated heterocycles. The van der Waals surface area contributed by atoms with Gasteiger partial charge in [-0.25, -0.2) is 0 Å². The summed E-state index contributed by atoms with van der Waals surface area (Å²) in [5.41, 5.74) is 17.4. The minimum Gasteiger partial charge on any atom is -0.334 e. The second-order valence-corrected chi connectivity index (χ2v) is 15.4. The number of benzene rings is 8. The van der Waals surface area contributed by atoms with Crippen molar-refractivity contribution in [3.05, 3.63) is 273 Å². The SMILES string of the molecule is C=C/C=C(\C=C)N(c1ccc(-c2ccccc2)cc1)c1ccc(-c2ccc(-c3ccc(-c4ccc(N(c5ccccc5)C5C=CC(c6ccccc6)=CC5)cc4)cc3)cc2)cc1. The fourth-order valence-electron chi connectivity index (χ4n) is 8.33. The van der Waals surface area contributed by atoms with Gasteiger partial charge in [-0.3, -0.25) is 0 Å². The van der Waals surface area contributed by atoms with Crippen LogP contribution in [0, 0.1) is 0 Å². The lowest BCUT2D eigenvalue weighted by molar-refractivity contribution is 0.787. The van der Waals surface area contributed by atoms with E-state index in [1.54, 1.807) is 6.08 Å². The topological polar surface area (TPSA) is 6.48 Å². The molecule has 62 heavy (non-hydrogen) atoms. The average Bonchev–Trinajstić information content (AvgIpc) is 3.36. The van der Waals surface area contributed by atoms with Crippen molar-refractivity contribution in [1.82, 2.24) is 0 Å². The molecule has 1 aliphatic rings. The third kappa shape index (κ3) is 8.68. The van der Waals surface area contributed by atoms with Crippen LogP contribution < -0.4 is 9.80 Å². The van der Waals surface area contributed by atoms with Crippen LogP contribution in [0.4, 0.5) is 22.7 Å². The summed E-state index contributed by atoms with van der Waals surface area (Å²) in [5.74, 6) is 0. The molecule has 8 aromatic rings. The number of nitrogens with zero attached hydrogens (tertiary/aromatic N) is 2. The number of rotatable bonds is 13. The van der Waals surface area contributed by atoms with Gasteiger partial charge in [-0.15, -0.1) is 0 Å². The van der Waals surface area contributed by atoms with E-state index < -0.39 is 0 Å². The van der Waals surface area contributed by atoms with Gasteiger partial charge in [0.2, 0.25) is 0 Å². The lowest BCUT2D eigenvalue weighted by atomic mass is 9.95. The van der Waals surface area contributed by atoms with E-state index in [9.17, 15) is 0 Å². The van der Waals surface area contributed by atoms with Crippen molar-refractivity contribution in [3.63, 3.8) is 0 Å². The maximum Gasteiger partial charge on any atom is 0.0560 e. The number of hydrogen-bond donors (Lipinski definition) is 0. The molecule has 0 fully saturated rings. The van der Waals surface area contributed by atoms with Gasteiger partial charge in [0.25, 0.3) is 0 Å². The van der Waals surface area contributed by atoms with Gasteiger partial charge < -0.3 is 9.80 Å². The molecule has 0 N–H and O–H groups in total. The fourth-order valence-corrected chi connectivity index (χ4v) is 8.33. The van der Waals surface area contributed by atoms with Crippen LogP contribution in [0.1, 0.15) is 12.0 Å². The Kier molecular flexibility index (Phi) is 11.8. The van der Waals surface area contributed by atoms with Crippen molar-refractivity contribution in [3.8, 4) is 44.5 Å². The molecule has 0 aliphatic heterocycles. The molecular weight excluding hydrogens is 749 g/mol. The van der Waals surface area contributed by atoms with E-state index in [1.807, 2.05) is 18.2 Å². The highest BCUT2D eigenvalue weighted by Gasteiger charge is 2.21. The first-order chi connectivity index (χ1) is 30.6. The van der Waals surface area contributed by atoms with Crippen LogP contribution in [-0.4, -0.2) is 6.04 Å². The van der Waals surface area contributed by atoms with E-state index in [2.05, 4.69) is 247 Å². The Balaban J connectivity index is 0.891. The summed E-state index contributed by atoms with van der Waals surface area (Å²) in [4.78, 5) is 4.66. The Labute approximate surface area is 366 Å². The Morgan fingerprint density at radius 3 is 1.15 bits per heavy atom. The third-order valence-electron chi connectivity index (χ3n) is 11.6. The van der Waals surface area contributed by atoms with E-state index in [0.29, 0.717) is 0 Å². The predicted octanol–water partition coefficient (Wildman–Crippen LogP) is 16.3. The van der Waals surface area contributed by atoms with Gasteiger partial charge in [0.15, 0.2) is 0 Å². The Morgan fingerprint density at radius 1 is 0.403 bits per heavy atom. The fraction of sp³-hybridized carbons (Fsp3) is 0.0333. The molecule has 0 saturated carbocycles. The largest absolute Gasteiger partial charge is 0.334 e. The summed E-state index contributed by atoms with van der Waals surface area (Å²) < 4.78 is 0. The van der Waals surface area contributed by atoms with Crippen LogP contribution in [0.3, 0.4) is 0 Å². The molecule has 8 aromatic carbocycles. The van der Waals surface area contributed by atoms with Crippen molar-refractivity contribution < 1.29 is 0 Å². The van der Waals surface area contributed by atoms with E-state index >= 15 is 0 Å². The summed E-state index contributed by atoms with van der Waals surface area (Å²) in [6.07, 6.45) is 13.6. The third-order valence-corrected chi connectivity index (χ3v) is 11.6. The summed E-state index contributed by atoms with van der Waals surface area (Å²) in [6.45, 7) is 8.07. The Morgan fingerprint density at radius 2 is 0.758 bits per heavy atom. The summed E-state index contributed by atoms with van der Waals surface area (Å²) in [6, 6.07) is 76.1. The number of anilines is 4. The molecule has 1 atom stereocenters. The maximum atomic E-state index is 4.11. The maximum absolute atomic E-state index is 4.11. The molecule has 0 amide bonds. The van der Waals surface area contributed by atoms with Crippen LogP contribution in [0.15, 0.2) is 268 Å². The van der Waals surface area contributed by atoms with E-state index in [0.717, 1.165) is 29.1 Å². The molecule has 0 spiro atoms. The van der Waals surface area contributed by atoms with Gasteiger partial charge in [0, 0.05) is 28.4 Å². The van der Waals surface area contributed by atoms with Gasteiger partial charge in [0.1, 0.15) is 0 Å². The van der Waals surface area contributed by atoms with Gasteiger partial charge in [0.05, 0.1) is 6.04 Å². The number of hydrogen-bond acceptors (Lipinski definition) is 2. The number of allylic oxidation sites excluding steroid dienone is 5. The molecule has 1 aliphatic carbocycles. The first-order valence-corrected chi connectivity index (χ1v) is 21.3. The smallest absolute Gasteiger partial charge is 0.0560 e. The Bertz CT molecular complexity index is 2830. The Hall–Kier alpha value is -7.94. The second-order valence-electron chi connectivity index (χ2n) is 15.4. The highest BCUT2D eigenvalue weighted by atomic mass is 15.2. The zero-order chi connectivity index (χ0) is 42.1. The monoisotopic (exact) mass is 796 g/mol. The van der Waals surface area contributed by atoms with Gasteiger partial charge in [-0.05, 0) is 123 Å². The van der Waals surface area contributed by atoms with Crippen molar-refractivity contribution in [2.24, 2.45) is 0 Å². The molecule has 0 radical (unpaired) electrons. The first-order valence-electron chi connectivity index (χ1n) is 21.3. The summed E-state index contributed by atoms with van der Waals surface area (Å²) in [5, 5.41) is 0. The van der Waals surface area contributed by atoms with Crippen molar-refractivity contribution in [1.29, 1.82) is 0 Å². The van der Waals surface area contributed by atoms with Crippen molar-refractivity contribution >= 4 is 28.3 Å². The van der Waals surface area contributed by atoms with Gasteiger partial charge >= 0.3 is 0 Å². The lowest BCUT2D eigenvalue weighted by Gasteiger charge is -2.33. The highest BCUT2D eigenvalue weighted by molar-refractivity contribution is 5.79. The van der Waals surface area contributed by atoms with Crippen LogP contribution in [0.2, 0.25) is 0 Å². The van der Waals surface area contributed by atoms with E-state index in [1.165, 1.54) is 61.5 Å². The van der Waals surface area contributed by atoms with Crippen LogP contribution >= 0.6 is 0 Å². The summed E-state index contributed by atoms with van der Waals surface area (Å²) >= 11 is 0. The molecular formula is C60H48N2. The average molecular weight is 797 g/mol. The molecule has 0 aromatic heterocycles. The zero-order valence-corrected chi connectivity index (χ0v) is 34.8. The molecule has 0 bridgehead atoms. The molecule has 1 unspecified atom stereocenters. The standard InChI is InChI=1S/C60H48N2/c1-3-14-55(4-2)61(57-37-29-51(30-38-57)45-15-8-5-9-16-45)58-39-33-53(34-40-58)49-25-21-47(22-26-49)48-23-27-50(28-24-48)54-35-43-60(44-36-54)62(56-19-12-7-13-20-56)59-41-31-52(32-42-59)46-17-10-6-11-18-46/h3-41,43-44,59H,1-2,42H2/b55-14+. The second kappa shape index (κ2) is 18.5. The van der Waals surface area contributed by atoms with E-state index in [-0.39, 0.29) is 6.04 Å². The summed E-state index contributed by atoms with van der Waals surface area (Å²) in [7, 11) is 0. The lowest BCUT2D eigenvalue weighted by Crippen LogP contribution is -2.30. The minimum absolute atomic E-state index is 0.218. The highest BCUT2D eigenvalue weighted by Crippen LogP contribution is 2.37. The van der Waals surface area contributed by atoms with Crippen LogP contribution in [-0.2, 0) is 0 Å².